The molecule has 1 amide bonds. The Morgan fingerprint density at radius 2 is 1.76 bits per heavy atom. The second-order valence-electron chi connectivity index (χ2n) is 6.90. The number of aliphatic carboxylic acids is 1. The van der Waals surface area contributed by atoms with Gasteiger partial charge in [0.05, 0.1) is 6.61 Å². The van der Waals surface area contributed by atoms with Gasteiger partial charge in [0.15, 0.2) is 0 Å². The summed E-state index contributed by atoms with van der Waals surface area (Å²) in [4.78, 5) is 24.3. The Kier molecular flexibility index (Phi) is 4.20. The molecule has 3 atom stereocenters. The van der Waals surface area contributed by atoms with Gasteiger partial charge in [0, 0.05) is 0 Å². The number of carbonyl (C=O) groups excluding carboxylic acids is 1. The lowest BCUT2D eigenvalue weighted by molar-refractivity contribution is -0.150. The first kappa shape index (κ1) is 14.8. The van der Waals surface area contributed by atoms with Gasteiger partial charge in [-0.25, -0.2) is 4.79 Å². The highest BCUT2D eigenvalue weighted by Gasteiger charge is 2.47. The fourth-order valence-electron chi connectivity index (χ4n) is 4.32. The largest absolute Gasteiger partial charge is 0.480 e. The maximum atomic E-state index is 12.6. The van der Waals surface area contributed by atoms with Crippen molar-refractivity contribution in [2.45, 2.75) is 69.4 Å². The average Bonchev–Trinajstić information content (AvgIpc) is 2.97. The molecule has 5 heteroatoms. The summed E-state index contributed by atoms with van der Waals surface area (Å²) in [5, 5.41) is 12.5. The Hall–Kier alpha value is -1.10. The monoisotopic (exact) mass is 295 g/mol. The molecule has 0 spiro atoms. The molecular weight excluding hydrogens is 270 g/mol. The summed E-state index contributed by atoms with van der Waals surface area (Å²) in [7, 11) is 0. The molecule has 21 heavy (non-hydrogen) atoms. The summed E-state index contributed by atoms with van der Waals surface area (Å²) in [6.07, 6.45) is 7.80. The van der Waals surface area contributed by atoms with E-state index < -0.39 is 17.6 Å². The van der Waals surface area contributed by atoms with Gasteiger partial charge >= 0.3 is 5.97 Å². The number of carbonyl (C=O) groups is 2. The quantitative estimate of drug-likeness (QED) is 0.782. The third kappa shape index (κ3) is 2.80. The highest BCUT2D eigenvalue weighted by Crippen LogP contribution is 2.41. The number of fused-ring (bicyclic) bond motifs is 1. The van der Waals surface area contributed by atoms with E-state index in [1.807, 2.05) is 0 Å². The maximum Gasteiger partial charge on any atom is 0.329 e. The van der Waals surface area contributed by atoms with Gasteiger partial charge in [-0.3, -0.25) is 4.79 Å². The van der Waals surface area contributed by atoms with Crippen molar-refractivity contribution in [2.75, 3.05) is 6.61 Å². The minimum Gasteiger partial charge on any atom is -0.480 e. The fraction of sp³-hybridized carbons (Fsp3) is 0.875. The lowest BCUT2D eigenvalue weighted by atomic mass is 9.88. The zero-order valence-electron chi connectivity index (χ0n) is 12.5. The van der Waals surface area contributed by atoms with Crippen LogP contribution < -0.4 is 5.32 Å². The minimum absolute atomic E-state index is 0.200. The highest BCUT2D eigenvalue weighted by molar-refractivity contribution is 5.89. The van der Waals surface area contributed by atoms with Crippen LogP contribution in [0.1, 0.15) is 57.8 Å². The third-order valence-corrected chi connectivity index (χ3v) is 5.58. The zero-order chi connectivity index (χ0) is 14.9. The Labute approximate surface area is 125 Å². The van der Waals surface area contributed by atoms with Crippen molar-refractivity contribution < 1.29 is 19.4 Å². The Bertz CT molecular complexity index is 415. The van der Waals surface area contributed by atoms with Gasteiger partial charge in [-0.05, 0) is 37.5 Å². The van der Waals surface area contributed by atoms with E-state index in [2.05, 4.69) is 5.32 Å². The van der Waals surface area contributed by atoms with Crippen molar-refractivity contribution in [3.63, 3.8) is 0 Å². The van der Waals surface area contributed by atoms with E-state index in [0.29, 0.717) is 31.3 Å². The van der Waals surface area contributed by atoms with Crippen LogP contribution in [0, 0.1) is 11.8 Å². The van der Waals surface area contributed by atoms with Crippen LogP contribution in [0.4, 0.5) is 0 Å². The molecule has 2 N–H and O–H groups in total. The molecule has 3 aliphatic rings. The molecule has 0 aromatic rings. The summed E-state index contributed by atoms with van der Waals surface area (Å²) in [5.41, 5.74) is -1.08. The molecule has 118 valence electrons. The first-order valence-corrected chi connectivity index (χ1v) is 8.29. The van der Waals surface area contributed by atoms with Gasteiger partial charge in [0.1, 0.15) is 11.6 Å². The molecule has 3 rings (SSSR count). The molecule has 0 unspecified atom stereocenters. The first-order valence-electron chi connectivity index (χ1n) is 8.29. The SMILES string of the molecule is O=C(NC1(C(=O)O)CCCCCC1)[C@@H]1OC[C@@H]2CCC[C@@H]21. The van der Waals surface area contributed by atoms with Crippen LogP contribution in [-0.4, -0.2) is 35.2 Å². The van der Waals surface area contributed by atoms with Gasteiger partial charge < -0.3 is 15.2 Å². The van der Waals surface area contributed by atoms with E-state index in [0.717, 1.165) is 44.9 Å². The predicted molar refractivity (Wildman–Crippen MR) is 76.8 cm³/mol. The van der Waals surface area contributed by atoms with Crippen molar-refractivity contribution in [3.05, 3.63) is 0 Å². The average molecular weight is 295 g/mol. The van der Waals surface area contributed by atoms with E-state index in [1.54, 1.807) is 0 Å². The zero-order valence-corrected chi connectivity index (χ0v) is 12.5. The number of nitrogens with one attached hydrogen (secondary N) is 1. The van der Waals surface area contributed by atoms with Gasteiger partial charge in [-0.15, -0.1) is 0 Å². The third-order valence-electron chi connectivity index (χ3n) is 5.58. The Morgan fingerprint density at radius 3 is 2.43 bits per heavy atom. The number of ether oxygens (including phenoxy) is 1. The van der Waals surface area contributed by atoms with Gasteiger partial charge in [-0.2, -0.15) is 0 Å². The van der Waals surface area contributed by atoms with E-state index in [9.17, 15) is 14.7 Å². The molecule has 1 aliphatic heterocycles. The number of rotatable bonds is 3. The van der Waals surface area contributed by atoms with Crippen LogP contribution in [0.2, 0.25) is 0 Å². The lowest BCUT2D eigenvalue weighted by Crippen LogP contribution is -2.57. The van der Waals surface area contributed by atoms with Crippen molar-refractivity contribution in [1.82, 2.24) is 5.32 Å². The van der Waals surface area contributed by atoms with Crippen molar-refractivity contribution in [1.29, 1.82) is 0 Å². The van der Waals surface area contributed by atoms with Crippen molar-refractivity contribution >= 4 is 11.9 Å². The summed E-state index contributed by atoms with van der Waals surface area (Å²) in [5.74, 6) is -0.301. The summed E-state index contributed by atoms with van der Waals surface area (Å²) in [6, 6.07) is 0. The van der Waals surface area contributed by atoms with Crippen molar-refractivity contribution in [2.24, 2.45) is 11.8 Å². The van der Waals surface area contributed by atoms with Crippen LogP contribution in [0.3, 0.4) is 0 Å². The van der Waals surface area contributed by atoms with E-state index in [-0.39, 0.29) is 5.91 Å². The van der Waals surface area contributed by atoms with Gasteiger partial charge in [0.2, 0.25) is 5.91 Å². The predicted octanol–water partition coefficient (Wildman–Crippen LogP) is 2.10. The number of carboxylic acid groups (broad SMARTS) is 1. The molecule has 0 aromatic heterocycles. The van der Waals surface area contributed by atoms with Crippen molar-refractivity contribution in [3.8, 4) is 0 Å². The molecule has 0 bridgehead atoms. The normalized spacial score (nSPS) is 35.0. The van der Waals surface area contributed by atoms with Gasteiger partial charge in [-0.1, -0.05) is 32.1 Å². The second kappa shape index (κ2) is 5.95. The maximum absolute atomic E-state index is 12.6. The van der Waals surface area contributed by atoms with Crippen LogP contribution in [0.25, 0.3) is 0 Å². The molecule has 1 heterocycles. The molecule has 5 nitrogen and oxygen atoms in total. The first-order chi connectivity index (χ1) is 10.1. The molecule has 0 aromatic carbocycles. The molecule has 0 radical (unpaired) electrons. The van der Waals surface area contributed by atoms with E-state index in [4.69, 9.17) is 4.74 Å². The topological polar surface area (TPSA) is 75.6 Å². The summed E-state index contributed by atoms with van der Waals surface area (Å²) in [6.45, 7) is 0.656. The molecule has 1 saturated heterocycles. The number of hydrogen-bond donors (Lipinski definition) is 2. The number of carboxylic acids is 1. The van der Waals surface area contributed by atoms with Crippen LogP contribution in [-0.2, 0) is 14.3 Å². The van der Waals surface area contributed by atoms with Crippen LogP contribution in [0.5, 0.6) is 0 Å². The van der Waals surface area contributed by atoms with E-state index in [1.165, 1.54) is 0 Å². The molecule has 2 aliphatic carbocycles. The molecule has 2 saturated carbocycles. The standard InChI is InChI=1S/C16H25NO4/c18-14(13-12-7-5-6-11(12)10-21-13)17-16(15(19)20)8-3-1-2-4-9-16/h11-13H,1-10H2,(H,17,18)(H,19,20)/t11-,12-,13+/m0/s1. The Balaban J connectivity index is 1.70. The minimum atomic E-state index is -1.08. The van der Waals surface area contributed by atoms with E-state index >= 15 is 0 Å². The lowest BCUT2D eigenvalue weighted by Gasteiger charge is -2.31. The molecular formula is C16H25NO4. The smallest absolute Gasteiger partial charge is 0.329 e. The molecule has 3 fully saturated rings. The van der Waals surface area contributed by atoms with Gasteiger partial charge in [0.25, 0.3) is 0 Å². The van der Waals surface area contributed by atoms with Crippen LogP contribution >= 0.6 is 0 Å². The number of amides is 1. The van der Waals surface area contributed by atoms with Crippen LogP contribution in [0.15, 0.2) is 0 Å². The Morgan fingerprint density at radius 1 is 1.05 bits per heavy atom. The summed E-state index contributed by atoms with van der Waals surface area (Å²) < 4.78 is 5.67. The fourth-order valence-corrected chi connectivity index (χ4v) is 4.32. The second-order valence-corrected chi connectivity index (χ2v) is 6.90. The highest BCUT2D eigenvalue weighted by atomic mass is 16.5. The summed E-state index contributed by atoms with van der Waals surface area (Å²) >= 11 is 0. The number of hydrogen-bond acceptors (Lipinski definition) is 3.